The Kier molecular flexibility index (Phi) is 5.97. The molecule has 0 saturated carbocycles. The van der Waals surface area contributed by atoms with Crippen molar-refractivity contribution >= 4 is 11.9 Å². The number of hydrogen-bond donors (Lipinski definition) is 1. The lowest BCUT2D eigenvalue weighted by Gasteiger charge is -2.24. The largest absolute Gasteiger partial charge is 0.488 e. The maximum absolute atomic E-state index is 14.0. The minimum absolute atomic E-state index is 0.0873. The van der Waals surface area contributed by atoms with Gasteiger partial charge in [0.2, 0.25) is 0 Å². The molecular weight excluding hydrogens is 468 g/mol. The van der Waals surface area contributed by atoms with Gasteiger partial charge < -0.3 is 14.7 Å². The summed E-state index contributed by atoms with van der Waals surface area (Å²) < 4.78 is 35.2. The van der Waals surface area contributed by atoms with Crippen LogP contribution in [0.5, 0.6) is 5.75 Å². The molecule has 36 heavy (non-hydrogen) atoms. The first kappa shape index (κ1) is 23.2. The Bertz CT molecular complexity index is 1480. The van der Waals surface area contributed by atoms with Crippen LogP contribution in [0.25, 0.3) is 11.3 Å². The lowest BCUT2D eigenvalue weighted by atomic mass is 10.0. The molecule has 7 nitrogen and oxygen atoms in total. The number of aromatic nitrogens is 2. The number of carbonyl (C=O) groups is 2. The molecule has 0 fully saturated rings. The Morgan fingerprint density at radius 1 is 1.00 bits per heavy atom. The molecule has 0 bridgehead atoms. The van der Waals surface area contributed by atoms with Crippen LogP contribution in [-0.2, 0) is 26.7 Å². The zero-order valence-electron chi connectivity index (χ0n) is 19.2. The summed E-state index contributed by atoms with van der Waals surface area (Å²) in [6.45, 7) is 0.311. The molecule has 0 aliphatic carbocycles. The first-order valence-corrected chi connectivity index (χ1v) is 11.1. The lowest BCUT2D eigenvalue weighted by Crippen LogP contribution is -2.31. The minimum atomic E-state index is -1.05. The summed E-state index contributed by atoms with van der Waals surface area (Å²) in [5.41, 5.74) is 3.19. The SMILES string of the molecule is Cn1nc(C(=O)N(Cc2ccc(C(=O)O)cc2)Cc2cccc(F)c2)c2c1-c1cc(F)ccc1OC2. The highest BCUT2D eigenvalue weighted by molar-refractivity contribution is 5.96. The van der Waals surface area contributed by atoms with Crippen molar-refractivity contribution < 1.29 is 28.2 Å². The van der Waals surface area contributed by atoms with E-state index in [9.17, 15) is 23.5 Å². The van der Waals surface area contributed by atoms with Crippen LogP contribution in [0.3, 0.4) is 0 Å². The lowest BCUT2D eigenvalue weighted by molar-refractivity contribution is 0.0692. The van der Waals surface area contributed by atoms with Crippen LogP contribution in [0.2, 0.25) is 0 Å². The third-order valence-corrected chi connectivity index (χ3v) is 6.04. The third kappa shape index (κ3) is 4.43. The van der Waals surface area contributed by atoms with E-state index in [-0.39, 0.29) is 31.0 Å². The van der Waals surface area contributed by atoms with Gasteiger partial charge in [-0.15, -0.1) is 0 Å². The van der Waals surface area contributed by atoms with E-state index < -0.39 is 23.5 Å². The molecule has 5 rings (SSSR count). The molecule has 0 unspecified atom stereocenters. The molecule has 1 aliphatic heterocycles. The Morgan fingerprint density at radius 2 is 1.72 bits per heavy atom. The van der Waals surface area contributed by atoms with Crippen molar-refractivity contribution in [2.45, 2.75) is 19.7 Å². The van der Waals surface area contributed by atoms with E-state index >= 15 is 0 Å². The van der Waals surface area contributed by atoms with Crippen molar-refractivity contribution in [3.8, 4) is 17.0 Å². The molecule has 182 valence electrons. The number of aromatic carboxylic acids is 1. The van der Waals surface area contributed by atoms with Gasteiger partial charge in [0.05, 0.1) is 11.3 Å². The molecule has 2 heterocycles. The van der Waals surface area contributed by atoms with Crippen molar-refractivity contribution in [1.29, 1.82) is 0 Å². The number of halogens is 2. The Hall–Kier alpha value is -4.53. The maximum Gasteiger partial charge on any atom is 0.335 e. The summed E-state index contributed by atoms with van der Waals surface area (Å²) in [6.07, 6.45) is 0. The number of benzene rings is 3. The molecule has 0 atom stereocenters. The summed E-state index contributed by atoms with van der Waals surface area (Å²) >= 11 is 0. The summed E-state index contributed by atoms with van der Waals surface area (Å²) in [7, 11) is 1.68. The number of hydrogen-bond acceptors (Lipinski definition) is 4. The standard InChI is InChI=1S/C27H21F2N3O4/c1-31-25-21-12-20(29)9-10-23(21)36-15-22(25)24(30-31)26(33)32(14-17-3-2-4-19(28)11-17)13-16-5-7-18(8-6-16)27(34)35/h2-12H,13-15H2,1H3,(H,34,35). The van der Waals surface area contributed by atoms with E-state index in [1.807, 2.05) is 0 Å². The van der Waals surface area contributed by atoms with Crippen LogP contribution in [0.4, 0.5) is 8.78 Å². The molecule has 1 N–H and O–H groups in total. The molecular formula is C27H21F2N3O4. The fraction of sp³-hybridized carbons (Fsp3) is 0.148. The van der Waals surface area contributed by atoms with Gasteiger partial charge in [0.25, 0.3) is 5.91 Å². The van der Waals surface area contributed by atoms with E-state index in [1.54, 1.807) is 37.4 Å². The number of aryl methyl sites for hydroxylation is 1. The van der Waals surface area contributed by atoms with Gasteiger partial charge in [0.1, 0.15) is 24.0 Å². The fourth-order valence-corrected chi connectivity index (χ4v) is 4.35. The van der Waals surface area contributed by atoms with Gasteiger partial charge in [-0.25, -0.2) is 13.6 Å². The number of nitrogens with zero attached hydrogens (tertiary/aromatic N) is 3. The molecule has 4 aromatic rings. The number of carbonyl (C=O) groups excluding carboxylic acids is 1. The van der Waals surface area contributed by atoms with Crippen molar-refractivity contribution in [1.82, 2.24) is 14.7 Å². The van der Waals surface area contributed by atoms with Crippen molar-refractivity contribution in [3.05, 3.63) is 106 Å². The molecule has 1 aliphatic rings. The third-order valence-electron chi connectivity index (χ3n) is 6.04. The van der Waals surface area contributed by atoms with Crippen molar-refractivity contribution in [3.63, 3.8) is 0 Å². The first-order chi connectivity index (χ1) is 17.3. The number of fused-ring (bicyclic) bond motifs is 3. The summed E-state index contributed by atoms with van der Waals surface area (Å²) in [5.74, 6) is -1.82. The van der Waals surface area contributed by atoms with Crippen molar-refractivity contribution in [2.24, 2.45) is 7.05 Å². The highest BCUT2D eigenvalue weighted by Gasteiger charge is 2.31. The quantitative estimate of drug-likeness (QED) is 0.421. The van der Waals surface area contributed by atoms with Crippen LogP contribution < -0.4 is 4.74 Å². The van der Waals surface area contributed by atoms with Crippen LogP contribution in [0.15, 0.2) is 66.7 Å². The van der Waals surface area contributed by atoms with Crippen LogP contribution in [0.1, 0.15) is 37.5 Å². The first-order valence-electron chi connectivity index (χ1n) is 11.1. The summed E-state index contributed by atoms with van der Waals surface area (Å²) in [4.78, 5) is 26.5. The van der Waals surface area contributed by atoms with Gasteiger partial charge in [-0.3, -0.25) is 9.48 Å². The summed E-state index contributed by atoms with van der Waals surface area (Å²) in [6, 6.07) is 16.3. The normalized spacial score (nSPS) is 11.9. The van der Waals surface area contributed by atoms with Crippen LogP contribution in [-0.4, -0.2) is 31.7 Å². The van der Waals surface area contributed by atoms with Crippen molar-refractivity contribution in [2.75, 3.05) is 0 Å². The van der Waals surface area contributed by atoms with E-state index in [1.165, 1.54) is 46.0 Å². The molecule has 0 radical (unpaired) electrons. The topological polar surface area (TPSA) is 84.7 Å². The number of carboxylic acids is 1. The van der Waals surface area contributed by atoms with Crippen LogP contribution >= 0.6 is 0 Å². The number of carboxylic acid groups (broad SMARTS) is 1. The number of ether oxygens (including phenoxy) is 1. The number of amides is 1. The second-order valence-electron chi connectivity index (χ2n) is 8.52. The predicted molar refractivity (Wildman–Crippen MR) is 126 cm³/mol. The molecule has 1 aromatic heterocycles. The smallest absolute Gasteiger partial charge is 0.335 e. The molecule has 0 saturated heterocycles. The van der Waals surface area contributed by atoms with Gasteiger partial charge >= 0.3 is 5.97 Å². The monoisotopic (exact) mass is 489 g/mol. The maximum atomic E-state index is 14.0. The zero-order valence-corrected chi connectivity index (χ0v) is 19.2. The Balaban J connectivity index is 1.52. The van der Waals surface area contributed by atoms with E-state index in [2.05, 4.69) is 5.10 Å². The van der Waals surface area contributed by atoms with Gasteiger partial charge in [-0.1, -0.05) is 24.3 Å². The predicted octanol–water partition coefficient (Wildman–Crippen LogP) is 4.80. The van der Waals surface area contributed by atoms with Crippen LogP contribution in [0, 0.1) is 11.6 Å². The second kappa shape index (κ2) is 9.26. The average Bonchev–Trinajstić information content (AvgIpc) is 3.20. The molecule has 0 spiro atoms. The second-order valence-corrected chi connectivity index (χ2v) is 8.52. The molecule has 3 aromatic carbocycles. The van der Waals surface area contributed by atoms with E-state index in [0.29, 0.717) is 33.7 Å². The Morgan fingerprint density at radius 3 is 2.44 bits per heavy atom. The van der Waals surface area contributed by atoms with E-state index in [4.69, 9.17) is 4.74 Å². The van der Waals surface area contributed by atoms with Gasteiger partial charge in [0, 0.05) is 31.3 Å². The molecule has 9 heteroatoms. The number of rotatable bonds is 6. The fourth-order valence-electron chi connectivity index (χ4n) is 4.35. The van der Waals surface area contributed by atoms with Gasteiger partial charge in [0.15, 0.2) is 5.69 Å². The van der Waals surface area contributed by atoms with Gasteiger partial charge in [-0.05, 0) is 53.6 Å². The molecule has 1 amide bonds. The Labute approximate surface area is 205 Å². The van der Waals surface area contributed by atoms with Gasteiger partial charge in [-0.2, -0.15) is 5.10 Å². The highest BCUT2D eigenvalue weighted by atomic mass is 19.1. The van der Waals surface area contributed by atoms with E-state index in [0.717, 1.165) is 0 Å². The average molecular weight is 489 g/mol. The minimum Gasteiger partial charge on any atom is -0.488 e. The highest BCUT2D eigenvalue weighted by Crippen LogP contribution is 2.39. The summed E-state index contributed by atoms with van der Waals surface area (Å²) in [5, 5.41) is 13.6. The zero-order chi connectivity index (χ0) is 25.4.